The Morgan fingerprint density at radius 2 is 1.62 bits per heavy atom. The standard InChI is InChI=1S/C27H36O12/c1-25(2)34-13-18(37-25)19-20-21(39-26(3,4)38-20)22(35-19)36-23(29)27(5,14-31-6)15-33-24(30)32-12-17(28)16-10-8-7-9-11-16/h7-11,18-22H,12-15H2,1-6H3/t18?,19-,20+,21+,22?,27?/m1/s1. The van der Waals surface area contributed by atoms with Crippen molar-refractivity contribution in [3.05, 3.63) is 35.9 Å². The third-order valence-electron chi connectivity index (χ3n) is 6.55. The van der Waals surface area contributed by atoms with Crippen LogP contribution in [0.25, 0.3) is 0 Å². The molecule has 0 amide bonds. The number of methoxy groups -OCH3 is 1. The van der Waals surface area contributed by atoms with Crippen LogP contribution in [0.15, 0.2) is 30.3 Å². The predicted molar refractivity (Wildman–Crippen MR) is 132 cm³/mol. The molecule has 0 aromatic heterocycles. The highest BCUT2D eigenvalue weighted by Crippen LogP contribution is 2.43. The minimum absolute atomic E-state index is 0.136. The first-order chi connectivity index (χ1) is 18.3. The number of ether oxygens (including phenoxy) is 9. The normalized spacial score (nSPS) is 30.3. The molecule has 0 bridgehead atoms. The highest BCUT2D eigenvalue weighted by molar-refractivity contribution is 5.97. The molecular formula is C27H36O12. The lowest BCUT2D eigenvalue weighted by molar-refractivity contribution is -0.249. The Bertz CT molecular complexity index is 1040. The van der Waals surface area contributed by atoms with Crippen molar-refractivity contribution in [2.24, 2.45) is 5.41 Å². The summed E-state index contributed by atoms with van der Waals surface area (Å²) in [5.74, 6) is -2.87. The van der Waals surface area contributed by atoms with Crippen molar-refractivity contribution < 1.29 is 57.0 Å². The largest absolute Gasteiger partial charge is 0.508 e. The lowest BCUT2D eigenvalue weighted by atomic mass is 9.93. The summed E-state index contributed by atoms with van der Waals surface area (Å²) in [7, 11) is 1.40. The molecule has 1 aromatic rings. The van der Waals surface area contributed by atoms with Crippen LogP contribution in [0.2, 0.25) is 0 Å². The van der Waals surface area contributed by atoms with Gasteiger partial charge in [-0.05, 0) is 34.6 Å². The number of fused-ring (bicyclic) bond motifs is 1. The molecule has 0 radical (unpaired) electrons. The van der Waals surface area contributed by atoms with E-state index in [0.717, 1.165) is 0 Å². The van der Waals surface area contributed by atoms with E-state index in [1.165, 1.54) is 14.0 Å². The maximum atomic E-state index is 13.3. The number of carbonyl (C=O) groups is 3. The number of hydrogen-bond acceptors (Lipinski definition) is 12. The van der Waals surface area contributed by atoms with Gasteiger partial charge in [-0.2, -0.15) is 0 Å². The molecule has 0 spiro atoms. The van der Waals surface area contributed by atoms with Crippen LogP contribution in [0, 0.1) is 5.41 Å². The third-order valence-corrected chi connectivity index (χ3v) is 6.55. The molecule has 0 N–H and O–H groups in total. The van der Waals surface area contributed by atoms with Crippen LogP contribution in [-0.4, -0.2) is 93.7 Å². The van der Waals surface area contributed by atoms with Crippen LogP contribution in [0.4, 0.5) is 4.79 Å². The van der Waals surface area contributed by atoms with Crippen LogP contribution in [0.1, 0.15) is 45.0 Å². The van der Waals surface area contributed by atoms with Gasteiger partial charge < -0.3 is 42.6 Å². The van der Waals surface area contributed by atoms with E-state index in [0.29, 0.717) is 5.56 Å². The number of carbonyl (C=O) groups excluding carboxylic acids is 3. The molecule has 39 heavy (non-hydrogen) atoms. The van der Waals surface area contributed by atoms with Gasteiger partial charge in [0, 0.05) is 12.7 Å². The van der Waals surface area contributed by atoms with Crippen molar-refractivity contribution in [2.75, 3.05) is 33.5 Å². The summed E-state index contributed by atoms with van der Waals surface area (Å²) in [6, 6.07) is 8.38. The van der Waals surface area contributed by atoms with Crippen molar-refractivity contribution in [1.29, 1.82) is 0 Å². The molecule has 3 saturated heterocycles. The first-order valence-corrected chi connectivity index (χ1v) is 12.7. The number of hydrogen-bond donors (Lipinski definition) is 0. The van der Waals surface area contributed by atoms with E-state index in [1.54, 1.807) is 58.0 Å². The Balaban J connectivity index is 1.36. The van der Waals surface area contributed by atoms with Gasteiger partial charge in [-0.15, -0.1) is 0 Å². The fourth-order valence-corrected chi connectivity index (χ4v) is 4.68. The summed E-state index contributed by atoms with van der Waals surface area (Å²) >= 11 is 0. The second kappa shape index (κ2) is 11.5. The van der Waals surface area contributed by atoms with Gasteiger partial charge in [-0.1, -0.05) is 30.3 Å². The number of rotatable bonds is 10. The second-order valence-electron chi connectivity index (χ2n) is 10.9. The maximum absolute atomic E-state index is 13.3. The summed E-state index contributed by atoms with van der Waals surface area (Å²) in [5, 5.41) is 0. The summed E-state index contributed by atoms with van der Waals surface area (Å²) in [5.41, 5.74) is -1.02. The number of ketones is 1. The fraction of sp³-hybridized carbons (Fsp3) is 0.667. The lowest BCUT2D eigenvalue weighted by Gasteiger charge is -2.29. The van der Waals surface area contributed by atoms with Crippen LogP contribution in [0.5, 0.6) is 0 Å². The monoisotopic (exact) mass is 552 g/mol. The zero-order valence-corrected chi connectivity index (χ0v) is 23.0. The average Bonchev–Trinajstić information content (AvgIpc) is 3.51. The first-order valence-electron chi connectivity index (χ1n) is 12.7. The zero-order valence-electron chi connectivity index (χ0n) is 23.0. The Kier molecular flexibility index (Phi) is 8.64. The molecule has 3 unspecified atom stereocenters. The molecule has 1 aromatic carbocycles. The van der Waals surface area contributed by atoms with Crippen LogP contribution < -0.4 is 0 Å². The van der Waals surface area contributed by atoms with Gasteiger partial charge >= 0.3 is 12.1 Å². The van der Waals surface area contributed by atoms with Crippen LogP contribution in [0.3, 0.4) is 0 Å². The molecule has 3 aliphatic heterocycles. The van der Waals surface area contributed by atoms with Crippen molar-refractivity contribution in [3.63, 3.8) is 0 Å². The van der Waals surface area contributed by atoms with E-state index >= 15 is 0 Å². The van der Waals surface area contributed by atoms with Crippen LogP contribution >= 0.6 is 0 Å². The van der Waals surface area contributed by atoms with Gasteiger partial charge in [-0.3, -0.25) is 9.59 Å². The van der Waals surface area contributed by atoms with Gasteiger partial charge in [0.05, 0.1) is 13.2 Å². The lowest BCUT2D eigenvalue weighted by Crippen LogP contribution is -2.43. The molecule has 12 nitrogen and oxygen atoms in total. The molecule has 3 fully saturated rings. The molecular weight excluding hydrogens is 516 g/mol. The topological polar surface area (TPSA) is 134 Å². The Hall–Kier alpha value is -2.61. The van der Waals surface area contributed by atoms with E-state index in [4.69, 9.17) is 42.6 Å². The quantitative estimate of drug-likeness (QED) is 0.312. The van der Waals surface area contributed by atoms with E-state index in [9.17, 15) is 14.4 Å². The number of Topliss-reactive ketones (excluding diaryl/α,β-unsaturated/α-hetero) is 1. The van der Waals surface area contributed by atoms with Gasteiger partial charge in [0.25, 0.3) is 0 Å². The number of benzene rings is 1. The SMILES string of the molecule is COCC(C)(COC(=O)OCC(=O)c1ccccc1)C(=O)OC1O[C@H](C2COC(C)(C)O2)[C@@H]2OC(C)(C)O[C@H]12. The molecule has 0 aliphatic carbocycles. The smallest absolute Gasteiger partial charge is 0.433 e. The van der Waals surface area contributed by atoms with Gasteiger partial charge in [-0.25, -0.2) is 4.79 Å². The van der Waals surface area contributed by atoms with Crippen molar-refractivity contribution in [2.45, 2.75) is 76.9 Å². The van der Waals surface area contributed by atoms with E-state index in [1.807, 2.05) is 0 Å². The Labute approximate surface area is 227 Å². The minimum Gasteiger partial charge on any atom is -0.433 e. The van der Waals surface area contributed by atoms with Crippen molar-refractivity contribution in [1.82, 2.24) is 0 Å². The van der Waals surface area contributed by atoms with Crippen molar-refractivity contribution >= 4 is 17.9 Å². The van der Waals surface area contributed by atoms with Crippen LogP contribution in [-0.2, 0) is 47.4 Å². The molecule has 0 saturated carbocycles. The van der Waals surface area contributed by atoms with E-state index in [-0.39, 0.29) is 13.2 Å². The van der Waals surface area contributed by atoms with Gasteiger partial charge in [0.15, 0.2) is 30.1 Å². The molecule has 3 heterocycles. The molecule has 4 rings (SSSR count). The van der Waals surface area contributed by atoms with Crippen molar-refractivity contribution in [3.8, 4) is 0 Å². The molecule has 6 atom stereocenters. The average molecular weight is 553 g/mol. The highest BCUT2D eigenvalue weighted by Gasteiger charge is 2.61. The Morgan fingerprint density at radius 1 is 0.923 bits per heavy atom. The van der Waals surface area contributed by atoms with E-state index in [2.05, 4.69) is 0 Å². The molecule has 12 heteroatoms. The minimum atomic E-state index is -1.42. The maximum Gasteiger partial charge on any atom is 0.508 e. The molecule has 216 valence electrons. The van der Waals surface area contributed by atoms with Gasteiger partial charge in [0.2, 0.25) is 6.29 Å². The third kappa shape index (κ3) is 6.94. The Morgan fingerprint density at radius 3 is 2.26 bits per heavy atom. The fourth-order valence-electron chi connectivity index (χ4n) is 4.68. The number of esters is 1. The highest BCUT2D eigenvalue weighted by atomic mass is 16.8. The first kappa shape index (κ1) is 29.4. The summed E-state index contributed by atoms with van der Waals surface area (Å²) < 4.78 is 50.8. The molecule has 3 aliphatic rings. The zero-order chi connectivity index (χ0) is 28.4. The predicted octanol–water partition coefficient (Wildman–Crippen LogP) is 2.61. The summed E-state index contributed by atoms with van der Waals surface area (Å²) in [6.07, 6.45) is -4.59. The van der Waals surface area contributed by atoms with E-state index < -0.39 is 78.8 Å². The second-order valence-corrected chi connectivity index (χ2v) is 10.9. The summed E-state index contributed by atoms with van der Waals surface area (Å²) in [6.45, 7) is 7.82. The summed E-state index contributed by atoms with van der Waals surface area (Å²) in [4.78, 5) is 37.7. The van der Waals surface area contributed by atoms with Gasteiger partial charge in [0.1, 0.15) is 30.3 Å².